The van der Waals surface area contributed by atoms with Gasteiger partial charge in [-0.3, -0.25) is 13.9 Å². The molecule has 3 aromatic heterocycles. The van der Waals surface area contributed by atoms with Gasteiger partial charge in [0.2, 0.25) is 5.95 Å². The molecule has 0 radical (unpaired) electrons. The van der Waals surface area contributed by atoms with E-state index in [1.54, 1.807) is 7.05 Å². The molecule has 0 N–H and O–H groups in total. The maximum Gasteiger partial charge on any atom is 0.332 e. The second kappa shape index (κ2) is 7.17. The van der Waals surface area contributed by atoms with Crippen LogP contribution < -0.4 is 11.2 Å². The number of imidazole rings is 1. The molecule has 0 saturated heterocycles. The minimum Gasteiger partial charge on any atom is -0.302 e. The molecule has 3 heterocycles. The molecule has 0 aliphatic heterocycles. The van der Waals surface area contributed by atoms with Crippen LogP contribution in [0.1, 0.15) is 45.5 Å². The predicted octanol–water partition coefficient (Wildman–Crippen LogP) is 1.79. The Labute approximate surface area is 158 Å². The third kappa shape index (κ3) is 3.13. The van der Waals surface area contributed by atoms with Crippen LogP contribution >= 0.6 is 0 Å². The van der Waals surface area contributed by atoms with Crippen LogP contribution in [0.15, 0.2) is 15.7 Å². The van der Waals surface area contributed by atoms with E-state index < -0.39 is 0 Å². The lowest BCUT2D eigenvalue weighted by molar-refractivity contribution is 0.512. The largest absolute Gasteiger partial charge is 0.332 e. The Hall–Kier alpha value is -2.64. The second-order valence-electron chi connectivity index (χ2n) is 7.37. The predicted molar refractivity (Wildman–Crippen MR) is 106 cm³/mol. The van der Waals surface area contributed by atoms with E-state index in [9.17, 15) is 9.59 Å². The number of hydrogen-bond donors (Lipinski definition) is 0. The highest BCUT2D eigenvalue weighted by Crippen LogP contribution is 2.19. The lowest BCUT2D eigenvalue weighted by atomic mass is 10.1. The minimum atomic E-state index is -0.377. The zero-order valence-corrected chi connectivity index (χ0v) is 17.0. The molecule has 0 aliphatic rings. The van der Waals surface area contributed by atoms with Crippen LogP contribution in [0.3, 0.4) is 0 Å². The monoisotopic (exact) mass is 372 g/mol. The Morgan fingerprint density at radius 2 is 1.78 bits per heavy atom. The van der Waals surface area contributed by atoms with E-state index in [0.29, 0.717) is 29.6 Å². The van der Waals surface area contributed by atoms with Crippen molar-refractivity contribution < 1.29 is 0 Å². The van der Waals surface area contributed by atoms with Gasteiger partial charge in [0.15, 0.2) is 11.2 Å². The van der Waals surface area contributed by atoms with Gasteiger partial charge < -0.3 is 4.57 Å². The number of hydrogen-bond acceptors (Lipinski definition) is 4. The van der Waals surface area contributed by atoms with Gasteiger partial charge in [0.1, 0.15) is 0 Å². The molecule has 8 nitrogen and oxygen atoms in total. The first-order chi connectivity index (χ1) is 12.8. The van der Waals surface area contributed by atoms with Crippen molar-refractivity contribution in [1.29, 1.82) is 0 Å². The number of rotatable bonds is 6. The van der Waals surface area contributed by atoms with Crippen LogP contribution in [-0.4, -0.2) is 28.5 Å². The SMILES string of the molecule is CCc1cc(CC)n(-c2nc3c(c(=O)n(C)c(=O)n3C)n2CCC(C)C)n1. The number of aromatic nitrogens is 6. The summed E-state index contributed by atoms with van der Waals surface area (Å²) in [4.78, 5) is 29.9. The fourth-order valence-corrected chi connectivity index (χ4v) is 3.27. The molecule has 3 rings (SSSR count). The van der Waals surface area contributed by atoms with Crippen molar-refractivity contribution >= 4 is 11.2 Å². The Balaban J connectivity index is 2.38. The summed E-state index contributed by atoms with van der Waals surface area (Å²) in [7, 11) is 3.15. The van der Waals surface area contributed by atoms with Crippen molar-refractivity contribution in [3.8, 4) is 5.95 Å². The number of aryl methyl sites for hydroxylation is 4. The topological polar surface area (TPSA) is 79.6 Å². The van der Waals surface area contributed by atoms with Gasteiger partial charge in [-0.1, -0.05) is 27.7 Å². The van der Waals surface area contributed by atoms with Crippen molar-refractivity contribution in [2.45, 2.75) is 53.5 Å². The molecular weight excluding hydrogens is 344 g/mol. The maximum absolute atomic E-state index is 12.9. The summed E-state index contributed by atoms with van der Waals surface area (Å²) in [6.07, 6.45) is 2.53. The highest BCUT2D eigenvalue weighted by Gasteiger charge is 2.22. The molecule has 0 bridgehead atoms. The van der Waals surface area contributed by atoms with Gasteiger partial charge in [-0.05, 0) is 31.2 Å². The summed E-state index contributed by atoms with van der Waals surface area (Å²) in [5.41, 5.74) is 2.17. The molecular formula is C19H28N6O2. The molecule has 0 aromatic carbocycles. The van der Waals surface area contributed by atoms with E-state index in [-0.39, 0.29) is 11.2 Å². The van der Waals surface area contributed by atoms with Gasteiger partial charge in [0.25, 0.3) is 5.56 Å². The first kappa shape index (κ1) is 19.1. The van der Waals surface area contributed by atoms with Gasteiger partial charge in [-0.15, -0.1) is 0 Å². The van der Waals surface area contributed by atoms with Crippen LogP contribution in [0, 0.1) is 5.92 Å². The van der Waals surface area contributed by atoms with E-state index >= 15 is 0 Å². The van der Waals surface area contributed by atoms with E-state index in [4.69, 9.17) is 10.1 Å². The Kier molecular flexibility index (Phi) is 5.08. The Morgan fingerprint density at radius 3 is 2.37 bits per heavy atom. The minimum absolute atomic E-state index is 0.323. The van der Waals surface area contributed by atoms with Crippen LogP contribution in [0.4, 0.5) is 0 Å². The molecule has 0 aliphatic carbocycles. The summed E-state index contributed by atoms with van der Waals surface area (Å²) < 4.78 is 6.31. The number of nitrogens with zero attached hydrogens (tertiary/aromatic N) is 6. The first-order valence-corrected chi connectivity index (χ1v) is 9.54. The third-order valence-electron chi connectivity index (χ3n) is 5.01. The average molecular weight is 372 g/mol. The maximum atomic E-state index is 12.9. The molecule has 0 amide bonds. The summed E-state index contributed by atoms with van der Waals surface area (Å²) in [5, 5.41) is 4.69. The lowest BCUT2D eigenvalue weighted by Gasteiger charge is -2.12. The van der Waals surface area contributed by atoms with Crippen LogP contribution in [0.25, 0.3) is 17.1 Å². The fourth-order valence-electron chi connectivity index (χ4n) is 3.27. The molecule has 146 valence electrons. The summed E-state index contributed by atoms with van der Waals surface area (Å²) in [5.74, 6) is 1.07. The van der Waals surface area contributed by atoms with Gasteiger partial charge >= 0.3 is 5.69 Å². The van der Waals surface area contributed by atoms with Crippen LogP contribution in [0.5, 0.6) is 0 Å². The van der Waals surface area contributed by atoms with Gasteiger partial charge in [-0.25, -0.2) is 9.48 Å². The van der Waals surface area contributed by atoms with Crippen molar-refractivity contribution in [3.63, 3.8) is 0 Å². The fraction of sp³-hybridized carbons (Fsp3) is 0.579. The van der Waals surface area contributed by atoms with E-state index in [2.05, 4.69) is 33.8 Å². The van der Waals surface area contributed by atoms with Crippen LogP contribution in [0.2, 0.25) is 0 Å². The Bertz CT molecular complexity index is 1100. The molecule has 0 atom stereocenters. The quantitative estimate of drug-likeness (QED) is 0.661. The molecule has 27 heavy (non-hydrogen) atoms. The van der Waals surface area contributed by atoms with Crippen molar-refractivity contribution in [2.24, 2.45) is 20.0 Å². The van der Waals surface area contributed by atoms with Crippen molar-refractivity contribution in [2.75, 3.05) is 0 Å². The van der Waals surface area contributed by atoms with E-state index in [0.717, 1.165) is 35.2 Å². The highest BCUT2D eigenvalue weighted by molar-refractivity contribution is 5.72. The standard InChI is InChI=1S/C19H28N6O2/c1-7-13-11-14(8-2)25(21-13)18-20-16-15(24(18)10-9-12(3)4)17(26)23(6)19(27)22(16)5/h11-12H,7-10H2,1-6H3. The Morgan fingerprint density at radius 1 is 1.07 bits per heavy atom. The van der Waals surface area contributed by atoms with Gasteiger partial charge in [-0.2, -0.15) is 10.1 Å². The average Bonchev–Trinajstić information content (AvgIpc) is 3.23. The van der Waals surface area contributed by atoms with Gasteiger partial charge in [0.05, 0.1) is 5.69 Å². The molecule has 3 aromatic rings. The first-order valence-electron chi connectivity index (χ1n) is 9.54. The molecule has 0 spiro atoms. The number of fused-ring (bicyclic) bond motifs is 1. The summed E-state index contributed by atoms with van der Waals surface area (Å²) >= 11 is 0. The normalized spacial score (nSPS) is 11.8. The molecule has 8 heteroatoms. The lowest BCUT2D eigenvalue weighted by Crippen LogP contribution is -2.37. The van der Waals surface area contributed by atoms with Gasteiger partial charge in [0, 0.05) is 26.3 Å². The van der Waals surface area contributed by atoms with E-state index in [1.807, 2.05) is 9.25 Å². The van der Waals surface area contributed by atoms with Crippen molar-refractivity contribution in [3.05, 3.63) is 38.3 Å². The zero-order valence-electron chi connectivity index (χ0n) is 17.0. The summed E-state index contributed by atoms with van der Waals surface area (Å²) in [6.45, 7) is 9.07. The third-order valence-corrected chi connectivity index (χ3v) is 5.01. The highest BCUT2D eigenvalue weighted by atomic mass is 16.2. The molecule has 0 unspecified atom stereocenters. The zero-order chi connectivity index (χ0) is 19.9. The molecule has 0 saturated carbocycles. The second-order valence-corrected chi connectivity index (χ2v) is 7.37. The summed E-state index contributed by atoms with van der Waals surface area (Å²) in [6, 6.07) is 2.07. The molecule has 0 fully saturated rings. The van der Waals surface area contributed by atoms with Crippen LogP contribution in [-0.2, 0) is 33.5 Å². The smallest absolute Gasteiger partial charge is 0.302 e. The van der Waals surface area contributed by atoms with Crippen molar-refractivity contribution in [1.82, 2.24) is 28.5 Å². The van der Waals surface area contributed by atoms with E-state index in [1.165, 1.54) is 11.6 Å².